The summed E-state index contributed by atoms with van der Waals surface area (Å²) in [6.45, 7) is 3.14. The predicted molar refractivity (Wildman–Crippen MR) is 109 cm³/mol. The first kappa shape index (κ1) is 21.3. The first-order chi connectivity index (χ1) is 14.1. The minimum Gasteiger partial charge on any atom is -0.395 e. The monoisotopic (exact) mass is 401 g/mol. The highest BCUT2D eigenvalue weighted by molar-refractivity contribution is 5.84. The Morgan fingerprint density at radius 3 is 2.48 bits per heavy atom. The molecule has 3 amide bonds. The molecule has 3 rings (SSSR count). The molecular weight excluding hydrogens is 370 g/mol. The van der Waals surface area contributed by atoms with Crippen LogP contribution in [-0.2, 0) is 20.9 Å². The fourth-order valence-corrected chi connectivity index (χ4v) is 4.18. The molecule has 0 spiro atoms. The lowest BCUT2D eigenvalue weighted by molar-refractivity contribution is -0.143. The molecule has 2 saturated heterocycles. The molecule has 0 aromatic heterocycles. The first-order valence-electron chi connectivity index (χ1n) is 10.6. The SMILES string of the molecule is O=C1CCCN1CCCN1C[C@@H](C(=O)N(CCO)Cc2ccccc2)CCC1=O. The number of carbonyl (C=O) groups excluding carboxylic acids is 3. The fourth-order valence-electron chi connectivity index (χ4n) is 4.18. The summed E-state index contributed by atoms with van der Waals surface area (Å²) >= 11 is 0. The molecule has 7 heteroatoms. The second-order valence-corrected chi connectivity index (χ2v) is 7.88. The van der Waals surface area contributed by atoms with Gasteiger partial charge in [0.15, 0.2) is 0 Å². The number of benzene rings is 1. The summed E-state index contributed by atoms with van der Waals surface area (Å²) in [4.78, 5) is 42.5. The lowest BCUT2D eigenvalue weighted by atomic mass is 9.95. The molecule has 2 fully saturated rings. The van der Waals surface area contributed by atoms with Crippen molar-refractivity contribution in [3.63, 3.8) is 0 Å². The number of piperidine rings is 1. The van der Waals surface area contributed by atoms with Gasteiger partial charge in [0.2, 0.25) is 17.7 Å². The van der Waals surface area contributed by atoms with E-state index in [0.29, 0.717) is 45.4 Å². The summed E-state index contributed by atoms with van der Waals surface area (Å²) in [5.74, 6) is 0.0358. The molecule has 2 aliphatic rings. The van der Waals surface area contributed by atoms with Gasteiger partial charge in [0.25, 0.3) is 0 Å². The van der Waals surface area contributed by atoms with E-state index in [-0.39, 0.29) is 36.8 Å². The van der Waals surface area contributed by atoms with E-state index in [1.54, 1.807) is 9.80 Å². The largest absolute Gasteiger partial charge is 0.395 e. The van der Waals surface area contributed by atoms with E-state index in [9.17, 15) is 19.5 Å². The normalized spacial score (nSPS) is 19.7. The molecule has 0 radical (unpaired) electrons. The Kier molecular flexibility index (Phi) is 7.63. The Morgan fingerprint density at radius 2 is 1.79 bits per heavy atom. The van der Waals surface area contributed by atoms with Crippen molar-refractivity contribution in [2.24, 2.45) is 5.92 Å². The second kappa shape index (κ2) is 10.4. The topological polar surface area (TPSA) is 81.2 Å². The average molecular weight is 402 g/mol. The van der Waals surface area contributed by atoms with Crippen LogP contribution in [0.25, 0.3) is 0 Å². The van der Waals surface area contributed by atoms with Gasteiger partial charge in [-0.2, -0.15) is 0 Å². The van der Waals surface area contributed by atoms with E-state index >= 15 is 0 Å². The zero-order valence-corrected chi connectivity index (χ0v) is 17.0. The molecule has 0 aliphatic carbocycles. The lowest BCUT2D eigenvalue weighted by Gasteiger charge is -2.35. The number of hydrogen-bond acceptors (Lipinski definition) is 4. The molecular formula is C22H31N3O4. The summed E-state index contributed by atoms with van der Waals surface area (Å²) in [6, 6.07) is 9.73. The van der Waals surface area contributed by atoms with Crippen molar-refractivity contribution in [1.29, 1.82) is 0 Å². The molecule has 29 heavy (non-hydrogen) atoms. The Morgan fingerprint density at radius 1 is 1.07 bits per heavy atom. The number of hydrogen-bond donors (Lipinski definition) is 1. The zero-order chi connectivity index (χ0) is 20.6. The van der Waals surface area contributed by atoms with Crippen LogP contribution in [0.2, 0.25) is 0 Å². The minimum atomic E-state index is -0.239. The van der Waals surface area contributed by atoms with Gasteiger partial charge < -0.3 is 19.8 Å². The van der Waals surface area contributed by atoms with Crippen molar-refractivity contribution in [1.82, 2.24) is 14.7 Å². The van der Waals surface area contributed by atoms with E-state index in [1.807, 2.05) is 35.2 Å². The van der Waals surface area contributed by atoms with Gasteiger partial charge >= 0.3 is 0 Å². The fraction of sp³-hybridized carbons (Fsp3) is 0.591. The number of aliphatic hydroxyl groups excluding tert-OH is 1. The average Bonchev–Trinajstić information content (AvgIpc) is 3.14. The Hall–Kier alpha value is -2.41. The van der Waals surface area contributed by atoms with Crippen LogP contribution >= 0.6 is 0 Å². The first-order valence-corrected chi connectivity index (χ1v) is 10.6. The van der Waals surface area contributed by atoms with Gasteiger partial charge in [-0.25, -0.2) is 0 Å². The van der Waals surface area contributed by atoms with Gasteiger partial charge in [0.05, 0.1) is 12.5 Å². The van der Waals surface area contributed by atoms with Crippen molar-refractivity contribution < 1.29 is 19.5 Å². The smallest absolute Gasteiger partial charge is 0.227 e. The van der Waals surface area contributed by atoms with E-state index in [1.165, 1.54) is 0 Å². The predicted octanol–water partition coefficient (Wildman–Crippen LogP) is 1.26. The molecule has 0 unspecified atom stereocenters. The zero-order valence-electron chi connectivity index (χ0n) is 17.0. The number of amides is 3. The van der Waals surface area contributed by atoms with E-state index < -0.39 is 0 Å². The molecule has 2 aliphatic heterocycles. The van der Waals surface area contributed by atoms with Gasteiger partial charge in [-0.3, -0.25) is 14.4 Å². The molecule has 1 aromatic carbocycles. The number of nitrogens with zero attached hydrogens (tertiary/aromatic N) is 3. The molecule has 158 valence electrons. The van der Waals surface area contributed by atoms with E-state index in [4.69, 9.17) is 0 Å². The third-order valence-corrected chi connectivity index (χ3v) is 5.77. The molecule has 0 bridgehead atoms. The Bertz CT molecular complexity index is 709. The Balaban J connectivity index is 1.54. The second-order valence-electron chi connectivity index (χ2n) is 7.88. The van der Waals surface area contributed by atoms with E-state index in [2.05, 4.69) is 0 Å². The number of carbonyl (C=O) groups is 3. The van der Waals surface area contributed by atoms with Crippen molar-refractivity contribution in [2.75, 3.05) is 39.3 Å². The van der Waals surface area contributed by atoms with Gasteiger partial charge in [-0.05, 0) is 24.8 Å². The van der Waals surface area contributed by atoms with Crippen LogP contribution in [0.4, 0.5) is 0 Å². The number of rotatable bonds is 9. The highest BCUT2D eigenvalue weighted by atomic mass is 16.3. The summed E-state index contributed by atoms with van der Waals surface area (Å²) in [5.41, 5.74) is 1.02. The molecule has 1 aromatic rings. The van der Waals surface area contributed by atoms with Crippen LogP contribution in [0.15, 0.2) is 30.3 Å². The highest BCUT2D eigenvalue weighted by Gasteiger charge is 2.32. The molecule has 0 saturated carbocycles. The van der Waals surface area contributed by atoms with Crippen LogP contribution in [0, 0.1) is 5.92 Å². The molecule has 7 nitrogen and oxygen atoms in total. The quantitative estimate of drug-likeness (QED) is 0.675. The van der Waals surface area contributed by atoms with Crippen molar-refractivity contribution >= 4 is 17.7 Å². The van der Waals surface area contributed by atoms with Crippen molar-refractivity contribution in [3.8, 4) is 0 Å². The molecule has 2 heterocycles. The minimum absolute atomic E-state index is 0.00452. The van der Waals surface area contributed by atoms with Crippen LogP contribution in [-0.4, -0.2) is 76.9 Å². The maximum atomic E-state index is 13.1. The molecule has 1 N–H and O–H groups in total. The third kappa shape index (κ3) is 5.79. The standard InChI is InChI=1S/C22H31N3O4/c26-15-14-25(16-18-6-2-1-3-7-18)22(29)19-9-10-21(28)24(17-19)13-5-12-23-11-4-8-20(23)27/h1-3,6-7,19,26H,4-5,8-17H2/t19-/m0/s1. The van der Waals surface area contributed by atoms with Gasteiger partial charge in [-0.15, -0.1) is 0 Å². The van der Waals surface area contributed by atoms with Crippen LogP contribution in [0.3, 0.4) is 0 Å². The van der Waals surface area contributed by atoms with Gasteiger partial charge in [0, 0.05) is 52.1 Å². The summed E-state index contributed by atoms with van der Waals surface area (Å²) in [7, 11) is 0. The van der Waals surface area contributed by atoms with Gasteiger partial charge in [-0.1, -0.05) is 30.3 Å². The summed E-state index contributed by atoms with van der Waals surface area (Å²) in [5, 5.41) is 9.41. The number of likely N-dealkylation sites (tertiary alicyclic amines) is 2. The van der Waals surface area contributed by atoms with Crippen LogP contribution < -0.4 is 0 Å². The summed E-state index contributed by atoms with van der Waals surface area (Å²) < 4.78 is 0. The third-order valence-electron chi connectivity index (χ3n) is 5.77. The maximum Gasteiger partial charge on any atom is 0.227 e. The van der Waals surface area contributed by atoms with Crippen molar-refractivity contribution in [2.45, 2.75) is 38.6 Å². The van der Waals surface area contributed by atoms with Crippen LogP contribution in [0.1, 0.15) is 37.7 Å². The van der Waals surface area contributed by atoms with Gasteiger partial charge in [0.1, 0.15) is 0 Å². The highest BCUT2D eigenvalue weighted by Crippen LogP contribution is 2.21. The maximum absolute atomic E-state index is 13.1. The number of aliphatic hydroxyl groups is 1. The molecule has 1 atom stereocenters. The summed E-state index contributed by atoms with van der Waals surface area (Å²) in [6.07, 6.45) is 3.21. The van der Waals surface area contributed by atoms with E-state index in [0.717, 1.165) is 24.9 Å². The van der Waals surface area contributed by atoms with Crippen LogP contribution in [0.5, 0.6) is 0 Å². The van der Waals surface area contributed by atoms with Crippen molar-refractivity contribution in [3.05, 3.63) is 35.9 Å². The lowest BCUT2D eigenvalue weighted by Crippen LogP contribution is -2.48. The Labute approximate surface area is 172 Å².